The van der Waals surface area contributed by atoms with E-state index in [4.69, 9.17) is 5.73 Å². The highest BCUT2D eigenvalue weighted by Gasteiger charge is 2.22. The molecular weight excluding hydrogens is 204 g/mol. The molecule has 1 saturated carbocycles. The second-order valence-electron chi connectivity index (χ2n) is 4.30. The van der Waals surface area contributed by atoms with E-state index in [2.05, 4.69) is 24.4 Å². The summed E-state index contributed by atoms with van der Waals surface area (Å²) in [5.74, 6) is 0.921. The Hall–Kier alpha value is -0.380. The number of thiophene rings is 1. The minimum absolute atomic E-state index is 0.371. The molecular formula is C12H20N2S. The van der Waals surface area contributed by atoms with Crippen LogP contribution < -0.4 is 11.1 Å². The summed E-state index contributed by atoms with van der Waals surface area (Å²) in [5.41, 5.74) is 5.81. The van der Waals surface area contributed by atoms with Crippen molar-refractivity contribution in [2.75, 3.05) is 13.1 Å². The summed E-state index contributed by atoms with van der Waals surface area (Å²) in [4.78, 5) is 2.85. The Morgan fingerprint density at radius 3 is 2.87 bits per heavy atom. The van der Waals surface area contributed by atoms with Gasteiger partial charge in [0.2, 0.25) is 0 Å². The van der Waals surface area contributed by atoms with Crippen LogP contribution in [0.5, 0.6) is 0 Å². The highest BCUT2D eigenvalue weighted by Crippen LogP contribution is 2.29. The van der Waals surface area contributed by atoms with E-state index in [0.717, 1.165) is 18.9 Å². The van der Waals surface area contributed by atoms with Crippen molar-refractivity contribution in [2.45, 2.75) is 32.2 Å². The maximum atomic E-state index is 5.81. The molecule has 2 nitrogen and oxygen atoms in total. The van der Waals surface area contributed by atoms with Gasteiger partial charge in [-0.3, -0.25) is 0 Å². The third kappa shape index (κ3) is 3.03. The second-order valence-corrected chi connectivity index (χ2v) is 5.50. The van der Waals surface area contributed by atoms with Crippen LogP contribution >= 0.6 is 11.3 Å². The van der Waals surface area contributed by atoms with Gasteiger partial charge in [-0.05, 0) is 43.9 Å². The fourth-order valence-corrected chi connectivity index (χ4v) is 2.74. The normalized spacial score (nSPS) is 18.0. The topological polar surface area (TPSA) is 38.0 Å². The fourth-order valence-electron chi connectivity index (χ4n) is 1.70. The zero-order valence-corrected chi connectivity index (χ0v) is 10.1. The Kier molecular flexibility index (Phi) is 3.78. The van der Waals surface area contributed by atoms with Crippen molar-refractivity contribution >= 4 is 11.3 Å². The van der Waals surface area contributed by atoms with Gasteiger partial charge in [-0.25, -0.2) is 0 Å². The van der Waals surface area contributed by atoms with Crippen LogP contribution in [0.15, 0.2) is 12.1 Å². The highest BCUT2D eigenvalue weighted by atomic mass is 32.1. The van der Waals surface area contributed by atoms with Gasteiger partial charge in [0.25, 0.3) is 0 Å². The number of nitrogens with two attached hydrogens (primary N) is 1. The number of rotatable bonds is 6. The van der Waals surface area contributed by atoms with Crippen molar-refractivity contribution in [3.8, 4) is 0 Å². The lowest BCUT2D eigenvalue weighted by molar-refractivity contribution is 0.529. The molecule has 0 radical (unpaired) electrons. The molecule has 84 valence electrons. The summed E-state index contributed by atoms with van der Waals surface area (Å²) in [6.07, 6.45) is 3.93. The van der Waals surface area contributed by atoms with Gasteiger partial charge < -0.3 is 11.1 Å². The van der Waals surface area contributed by atoms with Crippen molar-refractivity contribution in [1.82, 2.24) is 5.32 Å². The van der Waals surface area contributed by atoms with Crippen LogP contribution in [0.2, 0.25) is 0 Å². The monoisotopic (exact) mass is 224 g/mol. The van der Waals surface area contributed by atoms with Gasteiger partial charge in [-0.15, -0.1) is 11.3 Å². The lowest BCUT2D eigenvalue weighted by Crippen LogP contribution is -2.29. The minimum atomic E-state index is 0.371. The zero-order chi connectivity index (χ0) is 10.7. The van der Waals surface area contributed by atoms with Crippen LogP contribution in [0, 0.1) is 5.92 Å². The maximum Gasteiger partial charge on any atom is 0.0539 e. The molecule has 0 aliphatic heterocycles. The minimum Gasteiger partial charge on any atom is -0.329 e. The smallest absolute Gasteiger partial charge is 0.0539 e. The number of aryl methyl sites for hydroxylation is 1. The van der Waals surface area contributed by atoms with E-state index in [-0.39, 0.29) is 0 Å². The lowest BCUT2D eigenvalue weighted by atomic mass is 10.2. The van der Waals surface area contributed by atoms with Crippen molar-refractivity contribution in [1.29, 1.82) is 0 Å². The molecule has 1 atom stereocenters. The van der Waals surface area contributed by atoms with Gasteiger partial charge in [0.1, 0.15) is 0 Å². The third-order valence-corrected chi connectivity index (χ3v) is 4.30. The first-order valence-corrected chi connectivity index (χ1v) is 6.67. The summed E-state index contributed by atoms with van der Waals surface area (Å²) in [7, 11) is 0. The first kappa shape index (κ1) is 11.1. The van der Waals surface area contributed by atoms with Gasteiger partial charge in [0.15, 0.2) is 0 Å². The molecule has 0 aromatic carbocycles. The molecule has 1 unspecified atom stereocenters. The first-order chi connectivity index (χ1) is 7.33. The Morgan fingerprint density at radius 1 is 1.53 bits per heavy atom. The molecule has 1 heterocycles. The summed E-state index contributed by atoms with van der Waals surface area (Å²) in [6.45, 7) is 4.04. The fraction of sp³-hybridized carbons (Fsp3) is 0.667. The standard InChI is InChI=1S/C12H20N2S/c1-2-10-5-6-12(15-10)11(7-13)14-8-9-3-4-9/h5-6,9,11,14H,2-4,7-8,13H2,1H3. The molecule has 1 aliphatic rings. The lowest BCUT2D eigenvalue weighted by Gasteiger charge is -2.14. The van der Waals surface area contributed by atoms with Crippen molar-refractivity contribution < 1.29 is 0 Å². The summed E-state index contributed by atoms with van der Waals surface area (Å²) < 4.78 is 0. The van der Waals surface area contributed by atoms with Crippen LogP contribution in [-0.4, -0.2) is 13.1 Å². The number of nitrogens with one attached hydrogen (secondary N) is 1. The largest absolute Gasteiger partial charge is 0.329 e. The predicted octanol–water partition coefficient (Wildman–Crippen LogP) is 2.31. The van der Waals surface area contributed by atoms with Crippen LogP contribution in [0.4, 0.5) is 0 Å². The summed E-state index contributed by atoms with van der Waals surface area (Å²) >= 11 is 1.90. The van der Waals surface area contributed by atoms with E-state index in [9.17, 15) is 0 Å². The molecule has 3 N–H and O–H groups in total. The van der Waals surface area contributed by atoms with Crippen LogP contribution in [-0.2, 0) is 6.42 Å². The first-order valence-electron chi connectivity index (χ1n) is 5.85. The Morgan fingerprint density at radius 2 is 2.33 bits per heavy atom. The van der Waals surface area contributed by atoms with Crippen molar-refractivity contribution in [2.24, 2.45) is 11.7 Å². The van der Waals surface area contributed by atoms with E-state index >= 15 is 0 Å². The molecule has 0 spiro atoms. The Balaban J connectivity index is 1.91. The van der Waals surface area contributed by atoms with Crippen molar-refractivity contribution in [3.63, 3.8) is 0 Å². The van der Waals surface area contributed by atoms with Gasteiger partial charge in [-0.1, -0.05) is 6.92 Å². The number of hydrogen-bond donors (Lipinski definition) is 2. The van der Waals surface area contributed by atoms with E-state index in [1.165, 1.54) is 22.6 Å². The average molecular weight is 224 g/mol. The molecule has 0 saturated heterocycles. The van der Waals surface area contributed by atoms with Gasteiger partial charge >= 0.3 is 0 Å². The predicted molar refractivity (Wildman–Crippen MR) is 66.2 cm³/mol. The average Bonchev–Trinajstić information content (AvgIpc) is 2.96. The van der Waals surface area contributed by atoms with Gasteiger partial charge in [-0.2, -0.15) is 0 Å². The quantitative estimate of drug-likeness (QED) is 0.778. The van der Waals surface area contributed by atoms with E-state index < -0.39 is 0 Å². The molecule has 15 heavy (non-hydrogen) atoms. The van der Waals surface area contributed by atoms with Crippen LogP contribution in [0.25, 0.3) is 0 Å². The van der Waals surface area contributed by atoms with Crippen molar-refractivity contribution in [3.05, 3.63) is 21.9 Å². The highest BCUT2D eigenvalue weighted by molar-refractivity contribution is 7.12. The molecule has 0 amide bonds. The second kappa shape index (κ2) is 5.10. The maximum absolute atomic E-state index is 5.81. The van der Waals surface area contributed by atoms with Crippen LogP contribution in [0.1, 0.15) is 35.6 Å². The summed E-state index contributed by atoms with van der Waals surface area (Å²) in [6, 6.07) is 4.82. The summed E-state index contributed by atoms with van der Waals surface area (Å²) in [5, 5.41) is 3.57. The molecule has 1 aromatic rings. The van der Waals surface area contributed by atoms with E-state index in [1.807, 2.05) is 11.3 Å². The molecule has 1 fully saturated rings. The third-order valence-electron chi connectivity index (χ3n) is 2.96. The molecule has 1 aromatic heterocycles. The number of hydrogen-bond acceptors (Lipinski definition) is 3. The van der Waals surface area contributed by atoms with Gasteiger partial charge in [0.05, 0.1) is 6.04 Å². The molecule has 0 bridgehead atoms. The molecule has 3 heteroatoms. The Labute approximate surface area is 95.9 Å². The van der Waals surface area contributed by atoms with E-state index in [1.54, 1.807) is 0 Å². The van der Waals surface area contributed by atoms with Crippen LogP contribution in [0.3, 0.4) is 0 Å². The molecule has 1 aliphatic carbocycles. The zero-order valence-electron chi connectivity index (χ0n) is 9.33. The molecule has 2 rings (SSSR count). The Bertz CT molecular complexity index is 304. The van der Waals surface area contributed by atoms with Gasteiger partial charge in [0, 0.05) is 16.3 Å². The van der Waals surface area contributed by atoms with E-state index in [0.29, 0.717) is 12.6 Å². The SMILES string of the molecule is CCc1ccc(C(CN)NCC2CC2)s1.